The zero-order valence-electron chi connectivity index (χ0n) is 16.8. The van der Waals surface area contributed by atoms with Crippen molar-refractivity contribution in [2.45, 2.75) is 40.7 Å². The van der Waals surface area contributed by atoms with Crippen molar-refractivity contribution >= 4 is 17.8 Å². The van der Waals surface area contributed by atoms with E-state index in [0.29, 0.717) is 0 Å². The van der Waals surface area contributed by atoms with Crippen LogP contribution in [0.5, 0.6) is 0 Å². The highest BCUT2D eigenvalue weighted by atomic mass is 16.4. The van der Waals surface area contributed by atoms with Gasteiger partial charge in [0.1, 0.15) is 6.04 Å². The van der Waals surface area contributed by atoms with Gasteiger partial charge in [-0.15, -0.1) is 0 Å². The van der Waals surface area contributed by atoms with Crippen LogP contribution in [0.15, 0.2) is 24.3 Å². The molecule has 0 aliphatic carbocycles. The van der Waals surface area contributed by atoms with Crippen LogP contribution in [0, 0.1) is 20.8 Å². The van der Waals surface area contributed by atoms with Gasteiger partial charge in [-0.25, -0.2) is 9.48 Å². The summed E-state index contributed by atoms with van der Waals surface area (Å²) in [4.78, 5) is 36.7. The number of rotatable bonds is 7. The molecular formula is C20H26N4O4. The average molecular weight is 386 g/mol. The molecule has 150 valence electrons. The maximum atomic E-state index is 13.0. The molecule has 2 rings (SSSR count). The summed E-state index contributed by atoms with van der Waals surface area (Å²) in [6, 6.07) is 6.57. The molecule has 2 amide bonds. The highest BCUT2D eigenvalue weighted by molar-refractivity contribution is 5.95. The zero-order chi connectivity index (χ0) is 21.0. The van der Waals surface area contributed by atoms with Crippen LogP contribution in [-0.4, -0.2) is 56.7 Å². The van der Waals surface area contributed by atoms with E-state index in [1.165, 1.54) is 18.7 Å². The molecule has 1 aromatic carbocycles. The van der Waals surface area contributed by atoms with Gasteiger partial charge < -0.3 is 15.3 Å². The van der Waals surface area contributed by atoms with Gasteiger partial charge in [-0.05, 0) is 57.0 Å². The molecule has 0 aliphatic rings. The molecule has 0 saturated carbocycles. The van der Waals surface area contributed by atoms with E-state index in [2.05, 4.69) is 10.4 Å². The SMILES string of the molecule is CC(=O)NCCN(C(=O)c1cc(C)n(-c2cc(C)cc(C)c2)n1)C(C)C(=O)O. The van der Waals surface area contributed by atoms with Crippen LogP contribution in [-0.2, 0) is 9.59 Å². The first kappa shape index (κ1) is 21.1. The van der Waals surface area contributed by atoms with E-state index in [0.717, 1.165) is 22.5 Å². The number of aromatic nitrogens is 2. The second-order valence-corrected chi connectivity index (χ2v) is 6.92. The number of carboxylic acid groups (broad SMARTS) is 1. The van der Waals surface area contributed by atoms with E-state index >= 15 is 0 Å². The van der Waals surface area contributed by atoms with E-state index in [-0.39, 0.29) is 24.7 Å². The lowest BCUT2D eigenvalue weighted by Crippen LogP contribution is -2.46. The van der Waals surface area contributed by atoms with Crippen LogP contribution >= 0.6 is 0 Å². The third-order valence-electron chi connectivity index (χ3n) is 4.37. The normalized spacial score (nSPS) is 11.8. The molecule has 0 saturated heterocycles. The molecule has 0 spiro atoms. The molecule has 1 atom stereocenters. The molecule has 0 aliphatic heterocycles. The number of carbonyl (C=O) groups is 3. The highest BCUT2D eigenvalue weighted by Crippen LogP contribution is 2.17. The third-order valence-corrected chi connectivity index (χ3v) is 4.37. The van der Waals surface area contributed by atoms with Crippen LogP contribution in [0.3, 0.4) is 0 Å². The molecule has 2 aromatic rings. The molecule has 1 unspecified atom stereocenters. The maximum Gasteiger partial charge on any atom is 0.326 e. The summed E-state index contributed by atoms with van der Waals surface area (Å²) in [5.74, 6) is -1.86. The van der Waals surface area contributed by atoms with Crippen molar-refractivity contribution in [3.05, 3.63) is 46.8 Å². The summed E-state index contributed by atoms with van der Waals surface area (Å²) >= 11 is 0. The van der Waals surface area contributed by atoms with Crippen molar-refractivity contribution in [3.8, 4) is 5.69 Å². The Morgan fingerprint density at radius 3 is 2.29 bits per heavy atom. The zero-order valence-corrected chi connectivity index (χ0v) is 16.8. The number of amides is 2. The Kier molecular flexibility index (Phi) is 6.56. The maximum absolute atomic E-state index is 13.0. The molecule has 0 bridgehead atoms. The van der Waals surface area contributed by atoms with Crippen LogP contribution < -0.4 is 5.32 Å². The number of nitrogens with one attached hydrogen (secondary N) is 1. The summed E-state index contributed by atoms with van der Waals surface area (Å²) in [6.45, 7) is 8.84. The first-order chi connectivity index (χ1) is 13.1. The van der Waals surface area contributed by atoms with Crippen LogP contribution in [0.4, 0.5) is 0 Å². The van der Waals surface area contributed by atoms with Crippen LogP contribution in [0.25, 0.3) is 5.69 Å². The Labute approximate surface area is 164 Å². The second-order valence-electron chi connectivity index (χ2n) is 6.92. The summed E-state index contributed by atoms with van der Waals surface area (Å²) in [5.41, 5.74) is 3.92. The summed E-state index contributed by atoms with van der Waals surface area (Å²) in [6.07, 6.45) is 0. The Balaban J connectivity index is 2.34. The molecule has 1 aromatic heterocycles. The van der Waals surface area contributed by atoms with Gasteiger partial charge in [0.15, 0.2) is 5.69 Å². The number of nitrogens with zero attached hydrogens (tertiary/aromatic N) is 3. The Morgan fingerprint density at radius 2 is 1.75 bits per heavy atom. The van der Waals surface area contributed by atoms with Gasteiger partial charge in [0, 0.05) is 25.7 Å². The van der Waals surface area contributed by atoms with Crippen molar-refractivity contribution in [1.29, 1.82) is 0 Å². The molecule has 0 fully saturated rings. The average Bonchev–Trinajstić information content (AvgIpc) is 2.98. The van der Waals surface area contributed by atoms with Crippen molar-refractivity contribution < 1.29 is 19.5 Å². The van der Waals surface area contributed by atoms with Gasteiger partial charge in [-0.2, -0.15) is 5.10 Å². The monoisotopic (exact) mass is 386 g/mol. The van der Waals surface area contributed by atoms with E-state index in [1.807, 2.05) is 39.0 Å². The Hall–Kier alpha value is -3.16. The number of hydrogen-bond acceptors (Lipinski definition) is 4. The predicted molar refractivity (Wildman–Crippen MR) is 105 cm³/mol. The van der Waals surface area contributed by atoms with Gasteiger partial charge >= 0.3 is 5.97 Å². The Bertz CT molecular complexity index is 883. The van der Waals surface area contributed by atoms with Gasteiger partial charge in [0.05, 0.1) is 5.69 Å². The van der Waals surface area contributed by atoms with Gasteiger partial charge in [0.25, 0.3) is 5.91 Å². The first-order valence-corrected chi connectivity index (χ1v) is 9.03. The van der Waals surface area contributed by atoms with Crippen molar-refractivity contribution in [2.75, 3.05) is 13.1 Å². The Morgan fingerprint density at radius 1 is 1.14 bits per heavy atom. The molecule has 1 heterocycles. The molecule has 0 radical (unpaired) electrons. The number of hydrogen-bond donors (Lipinski definition) is 2. The van der Waals surface area contributed by atoms with E-state index in [4.69, 9.17) is 0 Å². The van der Waals surface area contributed by atoms with E-state index in [1.54, 1.807) is 10.7 Å². The second kappa shape index (κ2) is 8.69. The molecule has 28 heavy (non-hydrogen) atoms. The lowest BCUT2D eigenvalue weighted by Gasteiger charge is -2.25. The number of carbonyl (C=O) groups excluding carboxylic acids is 2. The van der Waals surface area contributed by atoms with Gasteiger partial charge in [0.2, 0.25) is 5.91 Å². The van der Waals surface area contributed by atoms with Crippen LogP contribution in [0.2, 0.25) is 0 Å². The highest BCUT2D eigenvalue weighted by Gasteiger charge is 2.28. The molecule has 8 nitrogen and oxygen atoms in total. The number of carboxylic acids is 1. The minimum absolute atomic E-state index is 0.0708. The number of benzene rings is 1. The summed E-state index contributed by atoms with van der Waals surface area (Å²) in [5, 5.41) is 16.3. The predicted octanol–water partition coefficient (Wildman–Crippen LogP) is 1.85. The van der Waals surface area contributed by atoms with Gasteiger partial charge in [-0.1, -0.05) is 6.07 Å². The minimum atomic E-state index is -1.12. The van der Waals surface area contributed by atoms with Crippen molar-refractivity contribution in [2.24, 2.45) is 0 Å². The topological polar surface area (TPSA) is 105 Å². The largest absolute Gasteiger partial charge is 0.480 e. The van der Waals surface area contributed by atoms with E-state index < -0.39 is 17.9 Å². The summed E-state index contributed by atoms with van der Waals surface area (Å²) in [7, 11) is 0. The van der Waals surface area contributed by atoms with Crippen molar-refractivity contribution in [3.63, 3.8) is 0 Å². The fourth-order valence-electron chi connectivity index (χ4n) is 3.02. The molecular weight excluding hydrogens is 360 g/mol. The van der Waals surface area contributed by atoms with Crippen molar-refractivity contribution in [1.82, 2.24) is 20.0 Å². The minimum Gasteiger partial charge on any atom is -0.480 e. The fraction of sp³-hybridized carbons (Fsp3) is 0.400. The van der Waals surface area contributed by atoms with Crippen LogP contribution in [0.1, 0.15) is 41.2 Å². The first-order valence-electron chi connectivity index (χ1n) is 9.03. The third kappa shape index (κ3) is 4.97. The number of aliphatic carboxylic acids is 1. The lowest BCUT2D eigenvalue weighted by atomic mass is 10.1. The molecule has 8 heteroatoms. The molecule has 2 N–H and O–H groups in total. The standard InChI is InChI=1S/C20H26N4O4/c1-12-8-13(2)10-17(9-12)24-14(3)11-18(22-24)19(26)23(15(4)20(27)28)7-6-21-16(5)25/h8-11,15H,6-7H2,1-5H3,(H,21,25)(H,27,28). The lowest BCUT2D eigenvalue weighted by molar-refractivity contribution is -0.141. The van der Waals surface area contributed by atoms with E-state index in [9.17, 15) is 19.5 Å². The fourth-order valence-corrected chi connectivity index (χ4v) is 3.02. The summed E-state index contributed by atoms with van der Waals surface area (Å²) < 4.78 is 1.67. The number of aryl methyl sites for hydroxylation is 3. The quantitative estimate of drug-likeness (QED) is 0.756. The van der Waals surface area contributed by atoms with Gasteiger partial charge in [-0.3, -0.25) is 9.59 Å². The smallest absolute Gasteiger partial charge is 0.326 e.